The average molecular weight is 330 g/mol. The summed E-state index contributed by atoms with van der Waals surface area (Å²) in [6.07, 6.45) is 0.646. The molecular formula is C12H8FIO2. The van der Waals surface area contributed by atoms with Gasteiger partial charge in [0.2, 0.25) is 0 Å². The molecule has 2 aromatic rings. The first-order valence-electron chi connectivity index (χ1n) is 4.63. The lowest BCUT2D eigenvalue weighted by atomic mass is 10.1. The first kappa shape index (κ1) is 11.3. The molecule has 1 aromatic carbocycles. The van der Waals surface area contributed by atoms with Gasteiger partial charge in [-0.3, -0.25) is 4.79 Å². The van der Waals surface area contributed by atoms with Gasteiger partial charge in [-0.2, -0.15) is 0 Å². The SMILES string of the molecule is Cc1c(F)ccc(-c2ccc(C=O)o2)c1I. The van der Waals surface area contributed by atoms with Crippen molar-refractivity contribution < 1.29 is 13.6 Å². The summed E-state index contributed by atoms with van der Waals surface area (Å²) in [4.78, 5) is 10.5. The van der Waals surface area contributed by atoms with Gasteiger partial charge in [-0.15, -0.1) is 0 Å². The molecule has 0 atom stereocenters. The van der Waals surface area contributed by atoms with Gasteiger partial charge in [0.1, 0.15) is 11.6 Å². The molecule has 0 aliphatic carbocycles. The number of benzene rings is 1. The minimum atomic E-state index is -0.240. The number of halogens is 2. The topological polar surface area (TPSA) is 30.2 Å². The highest BCUT2D eigenvalue weighted by Gasteiger charge is 2.12. The Bertz CT molecular complexity index is 546. The Morgan fingerprint density at radius 3 is 2.69 bits per heavy atom. The zero-order chi connectivity index (χ0) is 11.7. The third-order valence-electron chi connectivity index (χ3n) is 2.33. The lowest BCUT2D eigenvalue weighted by Crippen LogP contribution is -1.90. The fourth-order valence-corrected chi connectivity index (χ4v) is 2.12. The zero-order valence-corrected chi connectivity index (χ0v) is 10.6. The molecule has 2 nitrogen and oxygen atoms in total. The van der Waals surface area contributed by atoms with Crippen molar-refractivity contribution in [1.82, 2.24) is 0 Å². The van der Waals surface area contributed by atoms with E-state index in [-0.39, 0.29) is 11.6 Å². The highest BCUT2D eigenvalue weighted by molar-refractivity contribution is 14.1. The van der Waals surface area contributed by atoms with Gasteiger partial charge < -0.3 is 4.42 Å². The Kier molecular flexibility index (Phi) is 3.09. The maximum Gasteiger partial charge on any atom is 0.185 e. The molecule has 0 radical (unpaired) electrons. The molecule has 1 aromatic heterocycles. The van der Waals surface area contributed by atoms with Gasteiger partial charge in [0, 0.05) is 9.13 Å². The van der Waals surface area contributed by atoms with E-state index in [4.69, 9.17) is 4.42 Å². The second-order valence-corrected chi connectivity index (χ2v) is 4.43. The number of hydrogen-bond acceptors (Lipinski definition) is 2. The molecule has 0 bridgehead atoms. The Balaban J connectivity index is 2.56. The van der Waals surface area contributed by atoms with E-state index < -0.39 is 0 Å². The summed E-state index contributed by atoms with van der Waals surface area (Å²) in [7, 11) is 0. The summed E-state index contributed by atoms with van der Waals surface area (Å²) < 4.78 is 19.4. The van der Waals surface area contributed by atoms with E-state index in [1.54, 1.807) is 25.1 Å². The summed E-state index contributed by atoms with van der Waals surface area (Å²) in [6.45, 7) is 1.71. The predicted molar refractivity (Wildman–Crippen MR) is 66.9 cm³/mol. The van der Waals surface area contributed by atoms with Crippen LogP contribution in [0.1, 0.15) is 16.1 Å². The van der Waals surface area contributed by atoms with Crippen LogP contribution in [-0.4, -0.2) is 6.29 Å². The van der Waals surface area contributed by atoms with Crippen molar-refractivity contribution in [2.24, 2.45) is 0 Å². The molecule has 0 fully saturated rings. The van der Waals surface area contributed by atoms with Crippen molar-refractivity contribution in [3.63, 3.8) is 0 Å². The fourth-order valence-electron chi connectivity index (χ4n) is 1.41. The zero-order valence-electron chi connectivity index (χ0n) is 8.46. The molecule has 2 rings (SSSR count). The van der Waals surface area contributed by atoms with Gasteiger partial charge in [-0.1, -0.05) is 0 Å². The second kappa shape index (κ2) is 4.37. The van der Waals surface area contributed by atoms with Crippen LogP contribution in [0.3, 0.4) is 0 Å². The number of rotatable bonds is 2. The predicted octanol–water partition coefficient (Wildman–Crippen LogP) is 3.81. The Morgan fingerprint density at radius 2 is 2.06 bits per heavy atom. The summed E-state index contributed by atoms with van der Waals surface area (Å²) in [5, 5.41) is 0. The molecule has 0 unspecified atom stereocenters. The van der Waals surface area contributed by atoms with Crippen LogP contribution in [0.15, 0.2) is 28.7 Å². The van der Waals surface area contributed by atoms with Crippen LogP contribution in [0.2, 0.25) is 0 Å². The van der Waals surface area contributed by atoms with E-state index in [1.807, 2.05) is 0 Å². The first-order chi connectivity index (χ1) is 7.63. The number of aldehydes is 1. The van der Waals surface area contributed by atoms with E-state index in [2.05, 4.69) is 22.6 Å². The van der Waals surface area contributed by atoms with Crippen molar-refractivity contribution >= 4 is 28.9 Å². The van der Waals surface area contributed by atoms with E-state index >= 15 is 0 Å². The molecule has 0 spiro atoms. The molecule has 4 heteroatoms. The smallest absolute Gasteiger partial charge is 0.185 e. The van der Waals surface area contributed by atoms with E-state index in [9.17, 15) is 9.18 Å². The summed E-state index contributed by atoms with van der Waals surface area (Å²) >= 11 is 2.07. The third kappa shape index (κ3) is 1.89. The van der Waals surface area contributed by atoms with Crippen LogP contribution in [0.5, 0.6) is 0 Å². The van der Waals surface area contributed by atoms with Crippen LogP contribution in [0.4, 0.5) is 4.39 Å². The molecule has 0 saturated heterocycles. The van der Waals surface area contributed by atoms with Gasteiger partial charge in [0.15, 0.2) is 12.0 Å². The fraction of sp³-hybridized carbons (Fsp3) is 0.0833. The minimum absolute atomic E-state index is 0.240. The highest BCUT2D eigenvalue weighted by atomic mass is 127. The highest BCUT2D eigenvalue weighted by Crippen LogP contribution is 2.29. The summed E-state index contributed by atoms with van der Waals surface area (Å²) in [6, 6.07) is 6.35. The number of carbonyl (C=O) groups excluding carboxylic acids is 1. The molecule has 82 valence electrons. The summed E-state index contributed by atoms with van der Waals surface area (Å²) in [5.41, 5.74) is 1.38. The van der Waals surface area contributed by atoms with Gasteiger partial charge in [-0.25, -0.2) is 4.39 Å². The number of carbonyl (C=O) groups is 1. The van der Waals surface area contributed by atoms with Gasteiger partial charge in [0.25, 0.3) is 0 Å². The third-order valence-corrected chi connectivity index (χ3v) is 3.72. The lowest BCUT2D eigenvalue weighted by Gasteiger charge is -2.05. The van der Waals surface area contributed by atoms with Crippen LogP contribution < -0.4 is 0 Å². The molecule has 0 aliphatic rings. The lowest BCUT2D eigenvalue weighted by molar-refractivity contribution is 0.110. The summed E-state index contributed by atoms with van der Waals surface area (Å²) in [5.74, 6) is 0.609. The van der Waals surface area contributed by atoms with Crippen LogP contribution in [0.25, 0.3) is 11.3 Å². The Labute approximate surface area is 106 Å². The van der Waals surface area contributed by atoms with E-state index in [1.165, 1.54) is 6.07 Å². The van der Waals surface area contributed by atoms with Gasteiger partial charge >= 0.3 is 0 Å². The van der Waals surface area contributed by atoms with Crippen molar-refractivity contribution in [1.29, 1.82) is 0 Å². The van der Waals surface area contributed by atoms with Gasteiger partial charge in [-0.05, 0) is 59.3 Å². The molecular weight excluding hydrogens is 322 g/mol. The number of furan rings is 1. The van der Waals surface area contributed by atoms with Crippen LogP contribution >= 0.6 is 22.6 Å². The van der Waals surface area contributed by atoms with Crippen molar-refractivity contribution in [2.75, 3.05) is 0 Å². The first-order valence-corrected chi connectivity index (χ1v) is 5.71. The minimum Gasteiger partial charge on any atom is -0.453 e. The largest absolute Gasteiger partial charge is 0.453 e. The standard InChI is InChI=1S/C12H8FIO2/c1-7-10(13)4-3-9(12(7)14)11-5-2-8(6-15)16-11/h2-6H,1H3. The second-order valence-electron chi connectivity index (χ2n) is 3.35. The Hall–Kier alpha value is -1.17. The van der Waals surface area contributed by atoms with Gasteiger partial charge in [0.05, 0.1) is 0 Å². The maximum atomic E-state index is 13.3. The average Bonchev–Trinajstić information content (AvgIpc) is 2.74. The van der Waals surface area contributed by atoms with E-state index in [0.29, 0.717) is 17.6 Å². The van der Waals surface area contributed by atoms with Crippen molar-refractivity contribution in [3.05, 3.63) is 45.0 Å². The van der Waals surface area contributed by atoms with E-state index in [0.717, 1.165) is 9.13 Å². The molecule has 0 aliphatic heterocycles. The Morgan fingerprint density at radius 1 is 1.31 bits per heavy atom. The van der Waals surface area contributed by atoms with Crippen LogP contribution in [-0.2, 0) is 0 Å². The van der Waals surface area contributed by atoms with Crippen LogP contribution in [0, 0.1) is 16.3 Å². The molecule has 0 amide bonds. The molecule has 16 heavy (non-hydrogen) atoms. The normalized spacial score (nSPS) is 10.4. The molecule has 0 N–H and O–H groups in total. The number of hydrogen-bond donors (Lipinski definition) is 0. The van der Waals surface area contributed by atoms with Crippen molar-refractivity contribution in [2.45, 2.75) is 6.92 Å². The maximum absolute atomic E-state index is 13.3. The van der Waals surface area contributed by atoms with Crippen molar-refractivity contribution in [3.8, 4) is 11.3 Å². The monoisotopic (exact) mass is 330 g/mol. The quantitative estimate of drug-likeness (QED) is 0.619. The molecule has 1 heterocycles. The molecule has 0 saturated carbocycles.